The van der Waals surface area contributed by atoms with E-state index in [0.29, 0.717) is 17.5 Å². The van der Waals surface area contributed by atoms with E-state index in [9.17, 15) is 8.42 Å². The molecule has 2 rings (SSSR count). The quantitative estimate of drug-likeness (QED) is 0.765. The molecule has 0 aliphatic heterocycles. The van der Waals surface area contributed by atoms with Gasteiger partial charge in [-0.3, -0.25) is 0 Å². The molecule has 1 aliphatic carbocycles. The molecule has 0 aromatic carbocycles. The second-order valence-electron chi connectivity index (χ2n) is 5.83. The van der Waals surface area contributed by atoms with Gasteiger partial charge in [0.25, 0.3) is 0 Å². The smallest absolute Gasteiger partial charge is 0.241 e. The van der Waals surface area contributed by atoms with Crippen molar-refractivity contribution in [1.82, 2.24) is 10.0 Å². The molecule has 0 atom stereocenters. The SMILES string of the molecule is COCC(C)(C)NS(=O)(=O)c1csc(CNC2CC2)c1. The van der Waals surface area contributed by atoms with Crippen molar-refractivity contribution in [3.05, 3.63) is 16.3 Å². The molecular weight excluding hydrogens is 296 g/mol. The monoisotopic (exact) mass is 318 g/mol. The summed E-state index contributed by atoms with van der Waals surface area (Å²) in [5.41, 5.74) is -0.623. The van der Waals surface area contributed by atoms with Crippen molar-refractivity contribution in [1.29, 1.82) is 0 Å². The summed E-state index contributed by atoms with van der Waals surface area (Å²) in [6.45, 7) is 4.67. The third-order valence-corrected chi connectivity index (χ3v) is 5.76. The van der Waals surface area contributed by atoms with Crippen LogP contribution < -0.4 is 10.0 Å². The van der Waals surface area contributed by atoms with Crippen molar-refractivity contribution in [2.45, 2.75) is 49.7 Å². The molecule has 1 fully saturated rings. The average Bonchev–Trinajstić information content (AvgIpc) is 3.01. The van der Waals surface area contributed by atoms with Crippen molar-refractivity contribution in [3.8, 4) is 0 Å². The lowest BCUT2D eigenvalue weighted by atomic mass is 10.1. The Hall–Kier alpha value is -0.470. The zero-order chi connectivity index (χ0) is 14.8. The minimum Gasteiger partial charge on any atom is -0.383 e. The Morgan fingerprint density at radius 2 is 2.15 bits per heavy atom. The summed E-state index contributed by atoms with van der Waals surface area (Å²) in [4.78, 5) is 1.38. The topological polar surface area (TPSA) is 67.4 Å². The number of nitrogens with one attached hydrogen (secondary N) is 2. The Morgan fingerprint density at radius 3 is 2.75 bits per heavy atom. The van der Waals surface area contributed by atoms with Crippen LogP contribution in [0, 0.1) is 0 Å². The van der Waals surface area contributed by atoms with Gasteiger partial charge in [0.1, 0.15) is 0 Å². The molecule has 0 bridgehead atoms. The lowest BCUT2D eigenvalue weighted by molar-refractivity contribution is 0.141. The molecule has 1 aromatic rings. The van der Waals surface area contributed by atoms with Gasteiger partial charge in [-0.15, -0.1) is 11.3 Å². The first-order chi connectivity index (χ1) is 9.32. The van der Waals surface area contributed by atoms with Crippen LogP contribution in [-0.4, -0.2) is 33.7 Å². The maximum atomic E-state index is 12.3. The van der Waals surface area contributed by atoms with E-state index in [-0.39, 0.29) is 0 Å². The molecule has 5 nitrogen and oxygen atoms in total. The van der Waals surface area contributed by atoms with Crippen LogP contribution in [0.5, 0.6) is 0 Å². The Kier molecular flexibility index (Phi) is 4.86. The van der Waals surface area contributed by atoms with Gasteiger partial charge in [-0.25, -0.2) is 13.1 Å². The molecule has 0 amide bonds. The third kappa shape index (κ3) is 4.53. The van der Waals surface area contributed by atoms with Gasteiger partial charge in [-0.1, -0.05) is 0 Å². The minimum absolute atomic E-state index is 0.326. The summed E-state index contributed by atoms with van der Waals surface area (Å²) in [6.07, 6.45) is 2.45. The van der Waals surface area contributed by atoms with E-state index in [4.69, 9.17) is 4.74 Å². The highest BCUT2D eigenvalue weighted by atomic mass is 32.2. The van der Waals surface area contributed by atoms with Crippen molar-refractivity contribution < 1.29 is 13.2 Å². The Labute approximate surface area is 124 Å². The molecule has 0 saturated heterocycles. The maximum absolute atomic E-state index is 12.3. The molecule has 1 aromatic heterocycles. The van der Waals surface area contributed by atoms with E-state index in [2.05, 4.69) is 10.0 Å². The van der Waals surface area contributed by atoms with Gasteiger partial charge in [0.15, 0.2) is 0 Å². The average molecular weight is 318 g/mol. The van der Waals surface area contributed by atoms with E-state index in [1.807, 2.05) is 0 Å². The second-order valence-corrected chi connectivity index (χ2v) is 8.50. The van der Waals surface area contributed by atoms with E-state index in [0.717, 1.165) is 11.4 Å². The largest absolute Gasteiger partial charge is 0.383 e. The van der Waals surface area contributed by atoms with Crippen LogP contribution >= 0.6 is 11.3 Å². The standard InChI is InChI=1S/C13H22N2O3S2/c1-13(2,9-18-3)15-20(16,17)12-6-11(19-8-12)7-14-10-4-5-10/h6,8,10,14-15H,4-5,7,9H2,1-3H3. The summed E-state index contributed by atoms with van der Waals surface area (Å²) in [6, 6.07) is 2.36. The highest BCUT2D eigenvalue weighted by molar-refractivity contribution is 7.89. The Morgan fingerprint density at radius 1 is 1.45 bits per heavy atom. The molecule has 2 N–H and O–H groups in total. The van der Waals surface area contributed by atoms with E-state index in [1.54, 1.807) is 32.4 Å². The van der Waals surface area contributed by atoms with Crippen molar-refractivity contribution >= 4 is 21.4 Å². The van der Waals surface area contributed by atoms with Crippen molar-refractivity contribution in [2.75, 3.05) is 13.7 Å². The van der Waals surface area contributed by atoms with Crippen molar-refractivity contribution in [3.63, 3.8) is 0 Å². The number of ether oxygens (including phenoxy) is 1. The van der Waals surface area contributed by atoms with E-state index in [1.165, 1.54) is 24.2 Å². The number of rotatable bonds is 8. The first-order valence-corrected chi connectivity index (χ1v) is 9.02. The van der Waals surface area contributed by atoms with Crippen LogP contribution in [0.25, 0.3) is 0 Å². The normalized spacial score (nSPS) is 16.6. The fraction of sp³-hybridized carbons (Fsp3) is 0.692. The first-order valence-electron chi connectivity index (χ1n) is 6.66. The molecule has 20 heavy (non-hydrogen) atoms. The zero-order valence-corrected chi connectivity index (χ0v) is 13.7. The van der Waals surface area contributed by atoms with Gasteiger partial charge in [0, 0.05) is 30.0 Å². The summed E-state index contributed by atoms with van der Waals surface area (Å²) in [5.74, 6) is 0. The van der Waals surface area contributed by atoms with Crippen LogP contribution in [0.3, 0.4) is 0 Å². The predicted molar refractivity (Wildman–Crippen MR) is 80.5 cm³/mol. The Balaban J connectivity index is 2.01. The first kappa shape index (κ1) is 15.9. The lowest BCUT2D eigenvalue weighted by Crippen LogP contribution is -2.46. The molecule has 1 heterocycles. The van der Waals surface area contributed by atoms with Gasteiger partial charge < -0.3 is 10.1 Å². The highest BCUT2D eigenvalue weighted by Crippen LogP contribution is 2.23. The van der Waals surface area contributed by atoms with Gasteiger partial charge in [0.2, 0.25) is 10.0 Å². The van der Waals surface area contributed by atoms with E-state index < -0.39 is 15.6 Å². The summed E-state index contributed by atoms with van der Waals surface area (Å²) in [7, 11) is -1.93. The van der Waals surface area contributed by atoms with Gasteiger partial charge in [-0.05, 0) is 32.8 Å². The van der Waals surface area contributed by atoms with Crippen LogP contribution in [0.15, 0.2) is 16.3 Å². The van der Waals surface area contributed by atoms with Crippen LogP contribution in [0.1, 0.15) is 31.6 Å². The fourth-order valence-electron chi connectivity index (χ4n) is 1.94. The number of methoxy groups -OCH3 is 1. The molecule has 114 valence electrons. The maximum Gasteiger partial charge on any atom is 0.241 e. The number of hydrogen-bond donors (Lipinski definition) is 2. The molecule has 1 saturated carbocycles. The van der Waals surface area contributed by atoms with Crippen molar-refractivity contribution in [2.24, 2.45) is 0 Å². The molecule has 0 spiro atoms. The van der Waals surface area contributed by atoms with Crippen LogP contribution in [0.2, 0.25) is 0 Å². The predicted octanol–water partition coefficient (Wildman–Crippen LogP) is 1.70. The van der Waals surface area contributed by atoms with Gasteiger partial charge in [0.05, 0.1) is 17.0 Å². The number of thiophene rings is 1. The minimum atomic E-state index is -3.49. The fourth-order valence-corrected chi connectivity index (χ4v) is 4.56. The molecule has 7 heteroatoms. The number of hydrogen-bond acceptors (Lipinski definition) is 5. The highest BCUT2D eigenvalue weighted by Gasteiger charge is 2.27. The third-order valence-electron chi connectivity index (χ3n) is 3.00. The van der Waals surface area contributed by atoms with Gasteiger partial charge in [-0.2, -0.15) is 0 Å². The molecular formula is C13H22N2O3S2. The zero-order valence-electron chi connectivity index (χ0n) is 12.1. The van der Waals surface area contributed by atoms with Gasteiger partial charge >= 0.3 is 0 Å². The summed E-state index contributed by atoms with van der Waals surface area (Å²) < 4.78 is 32.3. The lowest BCUT2D eigenvalue weighted by Gasteiger charge is -2.24. The molecule has 0 radical (unpaired) electrons. The van der Waals surface area contributed by atoms with E-state index >= 15 is 0 Å². The summed E-state index contributed by atoms with van der Waals surface area (Å²) in [5, 5.41) is 5.07. The Bertz CT molecular complexity index is 548. The second kappa shape index (κ2) is 6.11. The summed E-state index contributed by atoms with van der Waals surface area (Å²) >= 11 is 1.47. The van der Waals surface area contributed by atoms with Crippen LogP contribution in [-0.2, 0) is 21.3 Å². The molecule has 0 unspecified atom stereocenters. The van der Waals surface area contributed by atoms with Crippen LogP contribution in [0.4, 0.5) is 0 Å². The number of sulfonamides is 1. The molecule has 1 aliphatic rings.